The monoisotopic (exact) mass is 665 g/mol. The molecule has 0 aliphatic heterocycles. The van der Waals surface area contributed by atoms with Crippen LogP contribution >= 0.6 is 38.5 Å². The third kappa shape index (κ3) is 5.60. The van der Waals surface area contributed by atoms with Crippen LogP contribution in [0.3, 0.4) is 0 Å². The second kappa shape index (κ2) is 11.3. The van der Waals surface area contributed by atoms with E-state index in [0.717, 1.165) is 24.7 Å². The number of hydrogen-bond donors (Lipinski definition) is 0. The minimum atomic E-state index is -0.239. The fourth-order valence-electron chi connectivity index (χ4n) is 3.82. The number of ether oxygens (including phenoxy) is 2. The number of hydrogen-bond acceptors (Lipinski definition) is 5. The lowest BCUT2D eigenvalue weighted by molar-refractivity contribution is 0.282. The van der Waals surface area contributed by atoms with Crippen LogP contribution in [-0.2, 0) is 6.61 Å². The molecule has 5 rings (SSSR count). The molecule has 1 heterocycles. The zero-order valence-corrected chi connectivity index (χ0v) is 23.5. The predicted octanol–water partition coefficient (Wildman–Crippen LogP) is 6.90. The van der Waals surface area contributed by atoms with Gasteiger partial charge >= 0.3 is 0 Å². The van der Waals surface area contributed by atoms with Crippen LogP contribution in [0.15, 0.2) is 105 Å². The Morgan fingerprint density at radius 1 is 1.00 bits per heavy atom. The van der Waals surface area contributed by atoms with Gasteiger partial charge in [-0.25, -0.2) is 4.98 Å². The second-order valence-electron chi connectivity index (χ2n) is 8.13. The maximum absolute atomic E-state index is 13.4. The third-order valence-corrected chi connectivity index (χ3v) is 6.99. The van der Waals surface area contributed by atoms with Crippen molar-refractivity contribution in [2.45, 2.75) is 6.61 Å². The topological polar surface area (TPSA) is 65.7 Å². The minimum Gasteiger partial charge on any atom is -0.493 e. The summed E-state index contributed by atoms with van der Waals surface area (Å²) in [6, 6.07) is 28.6. The van der Waals surface area contributed by atoms with Gasteiger partial charge in [0.25, 0.3) is 5.56 Å². The van der Waals surface area contributed by atoms with E-state index in [4.69, 9.17) is 14.5 Å². The van der Waals surface area contributed by atoms with Gasteiger partial charge in [-0.2, -0.15) is 9.78 Å². The molecule has 0 atom stereocenters. The van der Waals surface area contributed by atoms with Gasteiger partial charge in [-0.15, -0.1) is 0 Å². The van der Waals surface area contributed by atoms with Gasteiger partial charge in [0, 0.05) is 10.0 Å². The Labute approximate surface area is 235 Å². The van der Waals surface area contributed by atoms with E-state index in [1.165, 1.54) is 4.68 Å². The number of aromatic nitrogens is 2. The molecule has 5 aromatic rings. The normalized spacial score (nSPS) is 11.2. The molecule has 0 aliphatic carbocycles. The van der Waals surface area contributed by atoms with E-state index in [-0.39, 0.29) is 5.56 Å². The average Bonchev–Trinajstić information content (AvgIpc) is 2.93. The lowest BCUT2D eigenvalue weighted by atomic mass is 10.2. The molecule has 0 saturated heterocycles. The molecule has 0 amide bonds. The Bertz CT molecular complexity index is 1650. The van der Waals surface area contributed by atoms with Crippen molar-refractivity contribution in [1.29, 1.82) is 0 Å². The molecule has 37 heavy (non-hydrogen) atoms. The van der Waals surface area contributed by atoms with Gasteiger partial charge in [0.15, 0.2) is 17.3 Å². The quantitative estimate of drug-likeness (QED) is 0.140. The summed E-state index contributed by atoms with van der Waals surface area (Å²) in [5, 5.41) is 5.07. The van der Waals surface area contributed by atoms with Crippen molar-refractivity contribution < 1.29 is 9.47 Å². The lowest BCUT2D eigenvalue weighted by Gasteiger charge is -2.14. The van der Waals surface area contributed by atoms with Crippen LogP contribution in [0.2, 0.25) is 0 Å². The minimum absolute atomic E-state index is 0.239. The van der Waals surface area contributed by atoms with Crippen molar-refractivity contribution in [2.75, 3.05) is 7.11 Å². The van der Waals surface area contributed by atoms with E-state index >= 15 is 0 Å². The van der Waals surface area contributed by atoms with E-state index in [0.29, 0.717) is 34.8 Å². The Kier molecular flexibility index (Phi) is 7.66. The number of halogens is 2. The Morgan fingerprint density at radius 3 is 2.49 bits per heavy atom. The molecule has 6 nitrogen and oxygen atoms in total. The molecule has 4 aromatic carbocycles. The van der Waals surface area contributed by atoms with Crippen molar-refractivity contribution >= 4 is 55.6 Å². The molecule has 1 aromatic heterocycles. The Hall–Kier alpha value is -3.50. The summed E-state index contributed by atoms with van der Waals surface area (Å²) in [6.45, 7) is 0.408. The highest BCUT2D eigenvalue weighted by Gasteiger charge is 2.14. The molecule has 0 N–H and O–H groups in total. The summed E-state index contributed by atoms with van der Waals surface area (Å²) < 4.78 is 14.9. The predicted molar refractivity (Wildman–Crippen MR) is 159 cm³/mol. The van der Waals surface area contributed by atoms with E-state index in [9.17, 15) is 4.79 Å². The summed E-state index contributed by atoms with van der Waals surface area (Å²) in [5.41, 5.74) is 2.99. The first kappa shape index (κ1) is 25.2. The number of para-hydroxylation sites is 1. The molecule has 0 bridgehead atoms. The summed E-state index contributed by atoms with van der Waals surface area (Å²) in [7, 11) is 1.60. The second-order valence-corrected chi connectivity index (χ2v) is 10.2. The summed E-state index contributed by atoms with van der Waals surface area (Å²) >= 11 is 5.67. The van der Waals surface area contributed by atoms with E-state index < -0.39 is 0 Å². The summed E-state index contributed by atoms with van der Waals surface area (Å²) in [5.74, 6) is 1.70. The standard InChI is InChI=1S/C29H21BrIN3O3/c1-36-26-16-20(15-24(31)27(26)37-18-19-11-13-22(30)14-12-19)17-32-34-28(21-7-3-2-4-8-21)33-25-10-6-5-9-23(25)29(34)35/h2-17H,18H2,1H3. The zero-order valence-electron chi connectivity index (χ0n) is 19.8. The van der Waals surface area contributed by atoms with Gasteiger partial charge in [0.05, 0.1) is 27.8 Å². The first-order valence-corrected chi connectivity index (χ1v) is 13.3. The Morgan fingerprint density at radius 2 is 1.73 bits per heavy atom. The van der Waals surface area contributed by atoms with Gasteiger partial charge in [0.2, 0.25) is 0 Å². The number of benzene rings is 4. The number of nitrogens with zero attached hydrogens (tertiary/aromatic N) is 3. The highest BCUT2D eigenvalue weighted by atomic mass is 127. The molecule has 0 saturated carbocycles. The number of rotatable bonds is 7. The van der Waals surface area contributed by atoms with Crippen LogP contribution in [0.1, 0.15) is 11.1 Å². The fraction of sp³-hybridized carbons (Fsp3) is 0.0690. The SMILES string of the molecule is COc1cc(C=Nn2c(-c3ccccc3)nc3ccccc3c2=O)cc(I)c1OCc1ccc(Br)cc1. The summed E-state index contributed by atoms with van der Waals surface area (Å²) in [4.78, 5) is 18.1. The van der Waals surface area contributed by atoms with Crippen LogP contribution in [0.4, 0.5) is 0 Å². The van der Waals surface area contributed by atoms with Gasteiger partial charge in [-0.1, -0.05) is 70.5 Å². The molecule has 0 fully saturated rings. The number of fused-ring (bicyclic) bond motifs is 1. The first-order chi connectivity index (χ1) is 18.0. The average molecular weight is 666 g/mol. The van der Waals surface area contributed by atoms with Gasteiger partial charge in [-0.05, 0) is 70.1 Å². The van der Waals surface area contributed by atoms with Crippen LogP contribution in [0.5, 0.6) is 11.5 Å². The largest absolute Gasteiger partial charge is 0.493 e. The maximum Gasteiger partial charge on any atom is 0.282 e. The van der Waals surface area contributed by atoms with Gasteiger partial charge < -0.3 is 9.47 Å². The van der Waals surface area contributed by atoms with Crippen molar-refractivity contribution in [3.8, 4) is 22.9 Å². The molecule has 184 valence electrons. The smallest absolute Gasteiger partial charge is 0.282 e. The van der Waals surface area contributed by atoms with Crippen LogP contribution in [-0.4, -0.2) is 23.0 Å². The lowest BCUT2D eigenvalue weighted by Crippen LogP contribution is -2.20. The van der Waals surface area contributed by atoms with Crippen LogP contribution in [0.25, 0.3) is 22.3 Å². The van der Waals surface area contributed by atoms with E-state index in [1.54, 1.807) is 19.4 Å². The molecule has 0 radical (unpaired) electrons. The molecule has 0 unspecified atom stereocenters. The van der Waals surface area contributed by atoms with Crippen LogP contribution in [0, 0.1) is 3.57 Å². The van der Waals surface area contributed by atoms with Gasteiger partial charge in [0.1, 0.15) is 6.61 Å². The zero-order chi connectivity index (χ0) is 25.8. The van der Waals surface area contributed by atoms with E-state index in [1.807, 2.05) is 84.9 Å². The third-order valence-electron chi connectivity index (χ3n) is 5.66. The molecule has 0 aliphatic rings. The van der Waals surface area contributed by atoms with Crippen molar-refractivity contribution in [3.05, 3.63) is 121 Å². The molecular formula is C29H21BrIN3O3. The number of methoxy groups -OCH3 is 1. The fourth-order valence-corrected chi connectivity index (χ4v) is 4.87. The van der Waals surface area contributed by atoms with Crippen molar-refractivity contribution in [1.82, 2.24) is 9.66 Å². The molecule has 0 spiro atoms. The Balaban J connectivity index is 1.51. The maximum atomic E-state index is 13.4. The van der Waals surface area contributed by atoms with Crippen molar-refractivity contribution in [3.63, 3.8) is 0 Å². The van der Waals surface area contributed by atoms with E-state index in [2.05, 4.69) is 43.6 Å². The summed E-state index contributed by atoms with van der Waals surface area (Å²) in [6.07, 6.45) is 1.63. The molecular weight excluding hydrogens is 645 g/mol. The highest BCUT2D eigenvalue weighted by Crippen LogP contribution is 2.34. The van der Waals surface area contributed by atoms with Gasteiger partial charge in [-0.3, -0.25) is 4.79 Å². The van der Waals surface area contributed by atoms with Crippen LogP contribution < -0.4 is 15.0 Å². The molecule has 8 heteroatoms. The highest BCUT2D eigenvalue weighted by molar-refractivity contribution is 14.1. The first-order valence-electron chi connectivity index (χ1n) is 11.4. The van der Waals surface area contributed by atoms with Crippen molar-refractivity contribution in [2.24, 2.45) is 5.10 Å².